The highest BCUT2D eigenvalue weighted by Gasteiger charge is 2.52. The number of Topliss-reactive ketones (excluding diaryl/α,β-unsaturated/α-hetero) is 1. The lowest BCUT2D eigenvalue weighted by Gasteiger charge is -2.43. The molecule has 0 bridgehead atoms. The highest BCUT2D eigenvalue weighted by molar-refractivity contribution is 5.96. The molecule has 7 N–H and O–H groups in total. The van der Waals surface area contributed by atoms with Gasteiger partial charge in [0.25, 0.3) is 0 Å². The van der Waals surface area contributed by atoms with Gasteiger partial charge in [0.1, 0.15) is 5.75 Å². The SMILES string of the molecule is CNCc1cc(O)cc([C@@]2(Cc3ccc(O)c(OC)c3)C(=O)[C@H]([C@@H](O)[C@H](Cc3cc[nH]c3)Cc3ccc(O)c(OC)c3Cc3cccc4ccccc34)C=C[C@H]2O)c1. The lowest BCUT2D eigenvalue weighted by molar-refractivity contribution is -0.136. The maximum Gasteiger partial charge on any atom is 0.164 e. The van der Waals surface area contributed by atoms with Crippen molar-refractivity contribution in [1.82, 2.24) is 10.3 Å². The zero-order valence-electron chi connectivity index (χ0n) is 32.9. The van der Waals surface area contributed by atoms with E-state index in [0.29, 0.717) is 48.2 Å². The molecule has 10 nitrogen and oxygen atoms in total. The van der Waals surface area contributed by atoms with Crippen molar-refractivity contribution in [2.45, 2.75) is 49.9 Å². The molecule has 0 fully saturated rings. The average molecular weight is 783 g/mol. The Kier molecular flexibility index (Phi) is 11.9. The summed E-state index contributed by atoms with van der Waals surface area (Å²) in [6, 6.07) is 29.3. The minimum Gasteiger partial charge on any atom is -0.508 e. The molecule has 5 aromatic carbocycles. The highest BCUT2D eigenvalue weighted by atomic mass is 16.5. The summed E-state index contributed by atoms with van der Waals surface area (Å²) in [7, 11) is 4.74. The van der Waals surface area contributed by atoms with Crippen molar-refractivity contribution in [3.05, 3.63) is 161 Å². The summed E-state index contributed by atoms with van der Waals surface area (Å²) >= 11 is 0. The smallest absolute Gasteiger partial charge is 0.164 e. The number of aromatic hydroxyl groups is 3. The van der Waals surface area contributed by atoms with E-state index < -0.39 is 35.2 Å². The maximum atomic E-state index is 15.4. The fourth-order valence-corrected chi connectivity index (χ4v) is 8.77. The summed E-state index contributed by atoms with van der Waals surface area (Å²) in [5.74, 6) is -1.59. The number of rotatable bonds is 15. The molecule has 5 atom stereocenters. The van der Waals surface area contributed by atoms with Crippen LogP contribution in [0.5, 0.6) is 28.7 Å². The first-order chi connectivity index (χ1) is 28.1. The lowest BCUT2D eigenvalue weighted by Crippen LogP contribution is -2.55. The van der Waals surface area contributed by atoms with Gasteiger partial charge in [0.15, 0.2) is 28.8 Å². The number of ether oxygens (including phenoxy) is 2. The standard InChI is InChI=1S/C48H50N2O8/c1-49-27-31-20-36(25-37(51)21-31)48(26-29-11-14-41(52)43(22-29)57-2)44(54)16-13-39(47(48)56)45(55)35(19-30-17-18-50-28-30)23-34-12-15-42(53)46(58-3)40(34)24-33-9-6-8-32-7-4-5-10-38(32)33/h4-18,20-22,25,28,35,39,44-45,49-55H,19,23-24,26-27H2,1-3H3/t35-,39+,44-,45+,48-/m1/s1. The predicted molar refractivity (Wildman–Crippen MR) is 224 cm³/mol. The van der Waals surface area contributed by atoms with E-state index in [1.54, 1.807) is 49.5 Å². The fraction of sp³-hybridized carbons (Fsp3) is 0.271. The number of benzene rings is 5. The monoisotopic (exact) mass is 782 g/mol. The molecule has 300 valence electrons. The number of hydrogen-bond donors (Lipinski definition) is 7. The number of methoxy groups -OCH3 is 2. The quantitative estimate of drug-likeness (QED) is 0.0564. The molecule has 1 aliphatic carbocycles. The van der Waals surface area contributed by atoms with Crippen LogP contribution in [0.25, 0.3) is 10.8 Å². The molecule has 0 radical (unpaired) electrons. The van der Waals surface area contributed by atoms with Gasteiger partial charge >= 0.3 is 0 Å². The molecule has 0 unspecified atom stereocenters. The van der Waals surface area contributed by atoms with E-state index in [-0.39, 0.29) is 29.4 Å². The molecular formula is C48H50N2O8. The second kappa shape index (κ2) is 17.2. The third-order valence-electron chi connectivity index (χ3n) is 11.6. The zero-order valence-corrected chi connectivity index (χ0v) is 32.9. The highest BCUT2D eigenvalue weighted by Crippen LogP contribution is 2.45. The number of carbonyl (C=O) groups is 1. The van der Waals surface area contributed by atoms with Crippen LogP contribution < -0.4 is 14.8 Å². The Morgan fingerprint density at radius 2 is 1.60 bits per heavy atom. The van der Waals surface area contributed by atoms with Crippen LogP contribution in [0.2, 0.25) is 0 Å². The predicted octanol–water partition coefficient (Wildman–Crippen LogP) is 6.67. The third-order valence-corrected chi connectivity index (χ3v) is 11.6. The second-order valence-corrected chi connectivity index (χ2v) is 15.2. The number of fused-ring (bicyclic) bond motifs is 1. The number of nitrogens with one attached hydrogen (secondary N) is 2. The Morgan fingerprint density at radius 3 is 2.36 bits per heavy atom. The number of carbonyl (C=O) groups excluding carboxylic acids is 1. The molecule has 10 heteroatoms. The van der Waals surface area contributed by atoms with E-state index in [1.807, 2.05) is 42.7 Å². The van der Waals surface area contributed by atoms with Gasteiger partial charge in [-0.05, 0) is 113 Å². The Labute approximate surface area is 338 Å². The van der Waals surface area contributed by atoms with Gasteiger partial charge in [-0.25, -0.2) is 0 Å². The van der Waals surface area contributed by atoms with E-state index in [2.05, 4.69) is 34.6 Å². The molecule has 1 aromatic heterocycles. The summed E-state index contributed by atoms with van der Waals surface area (Å²) in [5.41, 5.74) is 3.66. The second-order valence-electron chi connectivity index (χ2n) is 15.2. The Balaban J connectivity index is 1.32. The van der Waals surface area contributed by atoms with Gasteiger partial charge in [0.05, 0.1) is 37.8 Å². The van der Waals surface area contributed by atoms with Crippen LogP contribution in [0.1, 0.15) is 38.9 Å². The molecule has 1 heterocycles. The van der Waals surface area contributed by atoms with Crippen molar-refractivity contribution in [3.8, 4) is 28.7 Å². The molecule has 0 amide bonds. The van der Waals surface area contributed by atoms with Gasteiger partial charge < -0.3 is 45.3 Å². The van der Waals surface area contributed by atoms with Crippen LogP contribution in [0, 0.1) is 11.8 Å². The summed E-state index contributed by atoms with van der Waals surface area (Å²) in [6.07, 6.45) is 5.44. The summed E-state index contributed by atoms with van der Waals surface area (Å²) in [5, 5.41) is 62.3. The number of ketones is 1. The number of phenolic OH excluding ortho intramolecular Hbond substituents is 3. The Bertz CT molecular complexity index is 2420. The minimum atomic E-state index is -1.65. The number of aliphatic hydroxyl groups is 2. The van der Waals surface area contributed by atoms with Crippen molar-refractivity contribution in [2.75, 3.05) is 21.3 Å². The van der Waals surface area contributed by atoms with Crippen molar-refractivity contribution in [1.29, 1.82) is 0 Å². The molecule has 7 rings (SSSR count). The first kappa shape index (κ1) is 40.1. The number of aromatic amines is 1. The first-order valence-corrected chi connectivity index (χ1v) is 19.4. The molecule has 6 aromatic rings. The number of aliphatic hydroxyl groups excluding tert-OH is 2. The maximum absolute atomic E-state index is 15.4. The normalized spacial score (nSPS) is 18.9. The van der Waals surface area contributed by atoms with Crippen LogP contribution >= 0.6 is 0 Å². The van der Waals surface area contributed by atoms with E-state index >= 15 is 4.79 Å². The topological polar surface area (TPSA) is 164 Å². The first-order valence-electron chi connectivity index (χ1n) is 19.4. The van der Waals surface area contributed by atoms with Crippen molar-refractivity contribution in [2.24, 2.45) is 11.8 Å². The minimum absolute atomic E-state index is 0.00278. The molecular weight excluding hydrogens is 733 g/mol. The zero-order chi connectivity index (χ0) is 41.0. The van der Waals surface area contributed by atoms with Crippen LogP contribution in [0.4, 0.5) is 0 Å². The summed E-state index contributed by atoms with van der Waals surface area (Å²) in [4.78, 5) is 18.5. The van der Waals surface area contributed by atoms with Crippen LogP contribution in [0.15, 0.2) is 122 Å². The van der Waals surface area contributed by atoms with Gasteiger partial charge in [-0.1, -0.05) is 72.8 Å². The number of phenols is 3. The number of aromatic nitrogens is 1. The Morgan fingerprint density at radius 1 is 0.810 bits per heavy atom. The fourth-order valence-electron chi connectivity index (χ4n) is 8.77. The number of H-pyrrole nitrogens is 1. The molecule has 1 aliphatic rings. The molecule has 0 spiro atoms. The van der Waals surface area contributed by atoms with E-state index in [9.17, 15) is 25.5 Å². The van der Waals surface area contributed by atoms with Gasteiger partial charge in [0.2, 0.25) is 0 Å². The van der Waals surface area contributed by atoms with Crippen molar-refractivity contribution in [3.63, 3.8) is 0 Å². The van der Waals surface area contributed by atoms with Crippen LogP contribution in [0.3, 0.4) is 0 Å². The van der Waals surface area contributed by atoms with E-state index in [0.717, 1.165) is 33.0 Å². The summed E-state index contributed by atoms with van der Waals surface area (Å²) < 4.78 is 11.2. The van der Waals surface area contributed by atoms with Gasteiger partial charge in [-0.15, -0.1) is 0 Å². The lowest BCUT2D eigenvalue weighted by atomic mass is 9.60. The average Bonchev–Trinajstić information content (AvgIpc) is 3.74. The Hall–Kier alpha value is -6.07. The molecule has 58 heavy (non-hydrogen) atoms. The third kappa shape index (κ3) is 7.91. The molecule has 0 saturated heterocycles. The summed E-state index contributed by atoms with van der Waals surface area (Å²) in [6.45, 7) is 0.395. The van der Waals surface area contributed by atoms with Gasteiger partial charge in [0, 0.05) is 30.9 Å². The van der Waals surface area contributed by atoms with Crippen molar-refractivity contribution < 1.29 is 39.8 Å². The van der Waals surface area contributed by atoms with E-state index in [1.165, 1.54) is 26.4 Å². The van der Waals surface area contributed by atoms with Crippen molar-refractivity contribution >= 4 is 16.6 Å². The number of hydrogen-bond acceptors (Lipinski definition) is 9. The van der Waals surface area contributed by atoms with Crippen LogP contribution in [-0.4, -0.2) is 69.8 Å². The largest absolute Gasteiger partial charge is 0.508 e. The van der Waals surface area contributed by atoms with Gasteiger partial charge in [-0.2, -0.15) is 0 Å². The van der Waals surface area contributed by atoms with Gasteiger partial charge in [-0.3, -0.25) is 4.79 Å². The van der Waals surface area contributed by atoms with E-state index in [4.69, 9.17) is 9.47 Å². The molecule has 0 aliphatic heterocycles. The molecule has 0 saturated carbocycles. The van der Waals surface area contributed by atoms with Crippen LogP contribution in [-0.2, 0) is 42.4 Å².